The van der Waals surface area contributed by atoms with Gasteiger partial charge in [-0.1, -0.05) is 34.1 Å². The number of H-pyrrole nitrogens is 1. The summed E-state index contributed by atoms with van der Waals surface area (Å²) in [6, 6.07) is 7.87. The van der Waals surface area contributed by atoms with Gasteiger partial charge in [0.25, 0.3) is 0 Å². The van der Waals surface area contributed by atoms with Crippen molar-refractivity contribution in [2.24, 2.45) is 5.10 Å². The van der Waals surface area contributed by atoms with Crippen LogP contribution >= 0.6 is 28.1 Å². The van der Waals surface area contributed by atoms with Gasteiger partial charge in [-0.15, -0.1) is 0 Å². The molecule has 0 spiro atoms. The molecule has 0 saturated carbocycles. The third-order valence-corrected chi connectivity index (χ3v) is 4.10. The molecule has 1 N–H and O–H groups in total. The van der Waals surface area contributed by atoms with Crippen LogP contribution in [0.25, 0.3) is 0 Å². The molecule has 20 heavy (non-hydrogen) atoms. The predicted octanol–water partition coefficient (Wildman–Crippen LogP) is 3.44. The van der Waals surface area contributed by atoms with E-state index >= 15 is 0 Å². The Balaban J connectivity index is 1.93. The van der Waals surface area contributed by atoms with Crippen LogP contribution in [0.5, 0.6) is 0 Å². The number of hydrogen-bond donors (Lipinski definition) is 1. The Kier molecular flexibility index (Phi) is 4.09. The van der Waals surface area contributed by atoms with Crippen LogP contribution in [0.3, 0.4) is 0 Å². The van der Waals surface area contributed by atoms with E-state index in [1.54, 1.807) is 10.9 Å². The minimum atomic E-state index is -0.0284. The number of aromatic amines is 1. The zero-order valence-electron chi connectivity index (χ0n) is 10.6. The fraction of sp³-hybridized carbons (Fsp3) is 0.308. The molecular weight excluding hydrogens is 340 g/mol. The first kappa shape index (κ1) is 13.7. The highest BCUT2D eigenvalue weighted by Crippen LogP contribution is 2.27. The Morgan fingerprint density at radius 2 is 2.35 bits per heavy atom. The van der Waals surface area contributed by atoms with Crippen molar-refractivity contribution in [2.45, 2.75) is 18.9 Å². The second-order valence-electron chi connectivity index (χ2n) is 4.47. The molecule has 5 nitrogen and oxygen atoms in total. The number of benzene rings is 1. The van der Waals surface area contributed by atoms with Crippen LogP contribution in [0.1, 0.15) is 30.3 Å². The topological polar surface area (TPSA) is 55.2 Å². The number of halogens is 1. The Labute approximate surface area is 129 Å². The van der Waals surface area contributed by atoms with Gasteiger partial charge in [-0.25, -0.2) is 0 Å². The lowest BCUT2D eigenvalue weighted by Gasteiger charge is -2.07. The van der Waals surface area contributed by atoms with E-state index in [9.17, 15) is 0 Å². The number of nitrogens with one attached hydrogen (secondary N) is 1. The third-order valence-electron chi connectivity index (χ3n) is 3.11. The van der Waals surface area contributed by atoms with Crippen LogP contribution in [0, 0.1) is 4.77 Å². The molecule has 1 aromatic carbocycles. The molecule has 104 valence electrons. The minimum absolute atomic E-state index is 0.0284. The highest BCUT2D eigenvalue weighted by atomic mass is 79.9. The van der Waals surface area contributed by atoms with Crippen LogP contribution < -0.4 is 0 Å². The SMILES string of the molecule is S=c1[nH]nc([C@H]2CCCO2)n1/N=C\c1ccccc1Br. The van der Waals surface area contributed by atoms with Crippen molar-refractivity contribution in [1.82, 2.24) is 14.9 Å². The van der Waals surface area contributed by atoms with E-state index in [2.05, 4.69) is 31.2 Å². The first-order chi connectivity index (χ1) is 9.75. The maximum atomic E-state index is 5.64. The van der Waals surface area contributed by atoms with Crippen LogP contribution in [0.15, 0.2) is 33.8 Å². The molecule has 0 aliphatic carbocycles. The molecule has 3 rings (SSSR count). The van der Waals surface area contributed by atoms with Gasteiger partial charge in [0.1, 0.15) is 6.10 Å². The average molecular weight is 353 g/mol. The van der Waals surface area contributed by atoms with E-state index in [-0.39, 0.29) is 6.10 Å². The number of rotatable bonds is 3. The normalized spacial score (nSPS) is 18.9. The molecule has 0 bridgehead atoms. The molecule has 0 amide bonds. The minimum Gasteiger partial charge on any atom is -0.370 e. The van der Waals surface area contributed by atoms with Gasteiger partial charge in [-0.3, -0.25) is 5.10 Å². The molecule has 1 fully saturated rings. The summed E-state index contributed by atoms with van der Waals surface area (Å²) in [5.41, 5.74) is 0.980. The maximum absolute atomic E-state index is 5.64. The Morgan fingerprint density at radius 3 is 3.10 bits per heavy atom. The zero-order valence-corrected chi connectivity index (χ0v) is 13.0. The fourth-order valence-corrected chi connectivity index (χ4v) is 2.68. The van der Waals surface area contributed by atoms with Crippen molar-refractivity contribution in [3.63, 3.8) is 0 Å². The van der Waals surface area contributed by atoms with Crippen molar-refractivity contribution in [3.05, 3.63) is 44.9 Å². The number of ether oxygens (including phenoxy) is 1. The largest absolute Gasteiger partial charge is 0.370 e. The van der Waals surface area contributed by atoms with E-state index in [0.29, 0.717) is 4.77 Å². The summed E-state index contributed by atoms with van der Waals surface area (Å²) in [6.07, 6.45) is 3.72. The molecule has 1 aliphatic heterocycles. The average Bonchev–Trinajstić information content (AvgIpc) is 3.08. The van der Waals surface area contributed by atoms with Gasteiger partial charge >= 0.3 is 0 Å². The Bertz CT molecular complexity index is 688. The standard InChI is InChI=1S/C13H13BrN4OS/c14-10-5-2-1-4-9(10)8-15-18-12(16-17-13(18)20)11-6-3-7-19-11/h1-2,4-5,8,11H,3,6-7H2,(H,17,20)/b15-8-/t11-/m1/s1. The first-order valence-corrected chi connectivity index (χ1v) is 7.53. The monoisotopic (exact) mass is 352 g/mol. The molecular formula is C13H13BrN4OS. The van der Waals surface area contributed by atoms with Crippen molar-refractivity contribution < 1.29 is 4.74 Å². The van der Waals surface area contributed by atoms with Gasteiger partial charge < -0.3 is 4.74 Å². The lowest BCUT2D eigenvalue weighted by Crippen LogP contribution is -2.05. The van der Waals surface area contributed by atoms with Crippen molar-refractivity contribution in [1.29, 1.82) is 0 Å². The highest BCUT2D eigenvalue weighted by molar-refractivity contribution is 9.10. The third kappa shape index (κ3) is 2.74. The smallest absolute Gasteiger partial charge is 0.216 e. The van der Waals surface area contributed by atoms with Crippen LogP contribution in [0.2, 0.25) is 0 Å². The summed E-state index contributed by atoms with van der Waals surface area (Å²) in [6.45, 7) is 0.762. The fourth-order valence-electron chi connectivity index (χ4n) is 2.10. The lowest BCUT2D eigenvalue weighted by molar-refractivity contribution is 0.102. The Morgan fingerprint density at radius 1 is 1.50 bits per heavy atom. The van der Waals surface area contributed by atoms with Gasteiger partial charge in [0.2, 0.25) is 4.77 Å². The molecule has 7 heteroatoms. The maximum Gasteiger partial charge on any atom is 0.216 e. The molecule has 1 aromatic heterocycles. The van der Waals surface area contributed by atoms with E-state index in [1.165, 1.54) is 0 Å². The number of nitrogens with zero attached hydrogens (tertiary/aromatic N) is 3. The van der Waals surface area contributed by atoms with Gasteiger partial charge in [0.05, 0.1) is 6.21 Å². The molecule has 2 aromatic rings. The molecule has 0 radical (unpaired) electrons. The number of hydrogen-bond acceptors (Lipinski definition) is 4. The number of aromatic nitrogens is 3. The zero-order chi connectivity index (χ0) is 13.9. The summed E-state index contributed by atoms with van der Waals surface area (Å²) in [5.74, 6) is 0.732. The van der Waals surface area contributed by atoms with E-state index in [0.717, 1.165) is 35.3 Å². The van der Waals surface area contributed by atoms with E-state index in [4.69, 9.17) is 17.0 Å². The summed E-state index contributed by atoms with van der Waals surface area (Å²) in [5, 5.41) is 11.4. The molecule has 0 unspecified atom stereocenters. The Hall–Kier alpha value is -1.31. The van der Waals surface area contributed by atoms with Crippen molar-refractivity contribution in [3.8, 4) is 0 Å². The van der Waals surface area contributed by atoms with Crippen molar-refractivity contribution >= 4 is 34.4 Å². The second-order valence-corrected chi connectivity index (χ2v) is 5.71. The summed E-state index contributed by atoms with van der Waals surface area (Å²) < 4.78 is 8.72. The molecule has 1 atom stereocenters. The predicted molar refractivity (Wildman–Crippen MR) is 82.5 cm³/mol. The molecule has 1 saturated heterocycles. The van der Waals surface area contributed by atoms with Crippen molar-refractivity contribution in [2.75, 3.05) is 6.61 Å². The molecule has 1 aliphatic rings. The van der Waals surface area contributed by atoms with E-state index < -0.39 is 0 Å². The van der Waals surface area contributed by atoms with Crippen LogP contribution in [-0.4, -0.2) is 27.7 Å². The quantitative estimate of drug-likeness (QED) is 0.679. The van der Waals surface area contributed by atoms with Gasteiger partial charge in [0, 0.05) is 16.6 Å². The molecule has 2 heterocycles. The van der Waals surface area contributed by atoms with Crippen LogP contribution in [0.4, 0.5) is 0 Å². The van der Waals surface area contributed by atoms with Gasteiger partial charge in [-0.05, 0) is 31.1 Å². The summed E-state index contributed by atoms with van der Waals surface area (Å²) in [4.78, 5) is 0. The highest BCUT2D eigenvalue weighted by Gasteiger charge is 2.23. The van der Waals surface area contributed by atoms with E-state index in [1.807, 2.05) is 24.3 Å². The lowest BCUT2D eigenvalue weighted by atomic mass is 10.2. The van der Waals surface area contributed by atoms with Gasteiger partial charge in [0.15, 0.2) is 5.82 Å². The second kappa shape index (κ2) is 5.99. The van der Waals surface area contributed by atoms with Gasteiger partial charge in [-0.2, -0.15) is 14.9 Å². The van der Waals surface area contributed by atoms with Crippen LogP contribution in [-0.2, 0) is 4.74 Å². The summed E-state index contributed by atoms with van der Waals surface area (Å²) >= 11 is 8.71. The first-order valence-electron chi connectivity index (χ1n) is 6.33. The summed E-state index contributed by atoms with van der Waals surface area (Å²) in [7, 11) is 0.